The molecule has 0 heterocycles. The first-order valence-corrected chi connectivity index (χ1v) is 9.49. The van der Waals surface area contributed by atoms with Gasteiger partial charge in [-0.15, -0.1) is 0 Å². The molecule has 2 N–H and O–H groups in total. The number of hydrogen-bond donors (Lipinski definition) is 2. The van der Waals surface area contributed by atoms with Gasteiger partial charge in [-0.2, -0.15) is 0 Å². The van der Waals surface area contributed by atoms with Gasteiger partial charge in [0.1, 0.15) is 18.9 Å². The smallest absolute Gasteiger partial charge is 0.243 e. The normalized spacial score (nSPS) is 15.4. The van der Waals surface area contributed by atoms with Crippen molar-refractivity contribution in [2.45, 2.75) is 45.1 Å². The molecule has 1 saturated carbocycles. The van der Waals surface area contributed by atoms with Gasteiger partial charge in [-0.05, 0) is 31.9 Å². The van der Waals surface area contributed by atoms with Crippen LogP contribution in [0.1, 0.15) is 37.7 Å². The van der Waals surface area contributed by atoms with Crippen LogP contribution >= 0.6 is 0 Å². The Bertz CT molecular complexity index is 578. The number of carbonyl (C=O) groups excluding carboxylic acids is 1. The molecule has 0 aromatic heterocycles. The van der Waals surface area contributed by atoms with E-state index in [9.17, 15) is 4.79 Å². The van der Waals surface area contributed by atoms with Crippen molar-refractivity contribution in [1.29, 1.82) is 0 Å². The van der Waals surface area contributed by atoms with Crippen LogP contribution in [0.5, 0.6) is 5.75 Å². The molecule has 1 aliphatic carbocycles. The summed E-state index contributed by atoms with van der Waals surface area (Å²) in [5.74, 6) is 1.55. The molecule has 0 aliphatic heterocycles. The summed E-state index contributed by atoms with van der Waals surface area (Å²) in [4.78, 5) is 17.8. The van der Waals surface area contributed by atoms with Crippen LogP contribution in [0, 0.1) is 6.92 Å². The van der Waals surface area contributed by atoms with Gasteiger partial charge >= 0.3 is 0 Å². The molecule has 0 saturated heterocycles. The van der Waals surface area contributed by atoms with E-state index in [0.717, 1.165) is 18.6 Å². The molecule has 0 atom stereocenters. The van der Waals surface area contributed by atoms with Crippen molar-refractivity contribution in [2.75, 3.05) is 33.8 Å². The van der Waals surface area contributed by atoms with Crippen molar-refractivity contribution in [3.63, 3.8) is 0 Å². The number of benzene rings is 1. The van der Waals surface area contributed by atoms with E-state index in [1.165, 1.54) is 24.8 Å². The molecule has 1 aliphatic rings. The summed E-state index contributed by atoms with van der Waals surface area (Å²) < 4.78 is 5.74. The third-order valence-corrected chi connectivity index (χ3v) is 4.50. The number of rotatable bonds is 7. The van der Waals surface area contributed by atoms with E-state index in [1.54, 1.807) is 19.0 Å². The molecule has 6 nitrogen and oxygen atoms in total. The summed E-state index contributed by atoms with van der Waals surface area (Å²) in [6.45, 7) is 3.37. The maximum absolute atomic E-state index is 11.8. The molecule has 6 heteroatoms. The third kappa shape index (κ3) is 7.33. The zero-order valence-electron chi connectivity index (χ0n) is 16.3. The van der Waals surface area contributed by atoms with Crippen LogP contribution in [0.15, 0.2) is 29.3 Å². The van der Waals surface area contributed by atoms with Crippen molar-refractivity contribution in [3.8, 4) is 5.75 Å². The predicted molar refractivity (Wildman–Crippen MR) is 106 cm³/mol. The minimum Gasteiger partial charge on any atom is -0.492 e. The average Bonchev–Trinajstić information content (AvgIpc) is 2.64. The Kier molecular flexibility index (Phi) is 8.25. The first-order valence-electron chi connectivity index (χ1n) is 9.49. The van der Waals surface area contributed by atoms with E-state index >= 15 is 0 Å². The second-order valence-corrected chi connectivity index (χ2v) is 7.02. The number of nitrogens with one attached hydrogen (secondary N) is 2. The fourth-order valence-electron chi connectivity index (χ4n) is 2.85. The average molecular weight is 361 g/mol. The van der Waals surface area contributed by atoms with Gasteiger partial charge in [0, 0.05) is 20.1 Å². The van der Waals surface area contributed by atoms with E-state index in [-0.39, 0.29) is 12.5 Å². The highest BCUT2D eigenvalue weighted by atomic mass is 16.5. The Balaban J connectivity index is 1.82. The summed E-state index contributed by atoms with van der Waals surface area (Å²) in [7, 11) is 3.49. The molecule has 1 amide bonds. The molecule has 26 heavy (non-hydrogen) atoms. The summed E-state index contributed by atoms with van der Waals surface area (Å²) in [6.07, 6.45) is 6.11. The molecular formula is C20H32N4O2. The highest BCUT2D eigenvalue weighted by molar-refractivity contribution is 5.84. The van der Waals surface area contributed by atoms with Gasteiger partial charge in [0.25, 0.3) is 0 Å². The molecule has 144 valence electrons. The maximum atomic E-state index is 11.8. The second-order valence-electron chi connectivity index (χ2n) is 7.02. The quantitative estimate of drug-likeness (QED) is 0.445. The number of carbonyl (C=O) groups is 1. The monoisotopic (exact) mass is 360 g/mol. The van der Waals surface area contributed by atoms with E-state index in [0.29, 0.717) is 25.2 Å². The fraction of sp³-hybridized carbons (Fsp3) is 0.600. The van der Waals surface area contributed by atoms with Crippen LogP contribution in [0.2, 0.25) is 0 Å². The topological polar surface area (TPSA) is 66.0 Å². The number of aliphatic imine (C=N–C) groups is 1. The summed E-state index contributed by atoms with van der Waals surface area (Å²) >= 11 is 0. The van der Waals surface area contributed by atoms with Crippen LogP contribution in [0.3, 0.4) is 0 Å². The SMILES string of the molecule is Cc1ccc(OCCNC(=NCC(=O)N(C)C)NC2CCCCC2)cc1. The minimum atomic E-state index is -0.00866. The summed E-state index contributed by atoms with van der Waals surface area (Å²) in [5, 5.41) is 6.76. The van der Waals surface area contributed by atoms with Crippen molar-refractivity contribution < 1.29 is 9.53 Å². The van der Waals surface area contributed by atoms with E-state index in [1.807, 2.05) is 24.3 Å². The van der Waals surface area contributed by atoms with Crippen LogP contribution in [-0.4, -0.2) is 56.6 Å². The highest BCUT2D eigenvalue weighted by Gasteiger charge is 2.15. The maximum Gasteiger partial charge on any atom is 0.243 e. The standard InChI is InChI=1S/C20H32N4O2/c1-16-9-11-18(12-10-16)26-14-13-21-20(22-15-19(25)24(2)3)23-17-7-5-4-6-8-17/h9-12,17H,4-8,13-15H2,1-3H3,(H2,21,22,23). The number of amides is 1. The number of aryl methyl sites for hydroxylation is 1. The van der Waals surface area contributed by atoms with Gasteiger partial charge < -0.3 is 20.3 Å². The molecule has 0 bridgehead atoms. The zero-order valence-corrected chi connectivity index (χ0v) is 16.3. The first-order chi connectivity index (χ1) is 12.5. The number of hydrogen-bond acceptors (Lipinski definition) is 3. The van der Waals surface area contributed by atoms with Gasteiger partial charge in [0.15, 0.2) is 5.96 Å². The van der Waals surface area contributed by atoms with E-state index in [2.05, 4.69) is 22.5 Å². The molecular weight excluding hydrogens is 328 g/mol. The Morgan fingerprint density at radius 2 is 1.88 bits per heavy atom. The number of ether oxygens (including phenoxy) is 1. The van der Waals surface area contributed by atoms with E-state index < -0.39 is 0 Å². The Morgan fingerprint density at radius 3 is 2.54 bits per heavy atom. The molecule has 1 fully saturated rings. The molecule has 2 rings (SSSR count). The Hall–Kier alpha value is -2.24. The van der Waals surface area contributed by atoms with Gasteiger partial charge in [0.05, 0.1) is 6.54 Å². The predicted octanol–water partition coefficient (Wildman–Crippen LogP) is 2.33. The first kappa shape index (κ1) is 20.1. The van der Waals surface area contributed by atoms with E-state index in [4.69, 9.17) is 4.74 Å². The summed E-state index contributed by atoms with van der Waals surface area (Å²) in [5.41, 5.74) is 1.21. The van der Waals surface area contributed by atoms with Crippen LogP contribution in [-0.2, 0) is 4.79 Å². The zero-order chi connectivity index (χ0) is 18.8. The second kappa shape index (κ2) is 10.7. The van der Waals surface area contributed by atoms with Crippen LogP contribution in [0.25, 0.3) is 0 Å². The van der Waals surface area contributed by atoms with Crippen molar-refractivity contribution >= 4 is 11.9 Å². The lowest BCUT2D eigenvalue weighted by atomic mass is 9.96. The van der Waals surface area contributed by atoms with Gasteiger partial charge in [-0.25, -0.2) is 4.99 Å². The van der Waals surface area contributed by atoms with Gasteiger partial charge in [0.2, 0.25) is 5.91 Å². The summed E-state index contributed by atoms with van der Waals surface area (Å²) in [6, 6.07) is 8.45. The number of nitrogens with zero attached hydrogens (tertiary/aromatic N) is 2. The highest BCUT2D eigenvalue weighted by Crippen LogP contribution is 2.17. The number of likely N-dealkylation sites (N-methyl/N-ethyl adjacent to an activating group) is 1. The van der Waals surface area contributed by atoms with Gasteiger partial charge in [-0.1, -0.05) is 37.0 Å². The largest absolute Gasteiger partial charge is 0.492 e. The van der Waals surface area contributed by atoms with Crippen molar-refractivity contribution in [3.05, 3.63) is 29.8 Å². The molecule has 1 aromatic rings. The Labute approximate surface area is 157 Å². The van der Waals surface area contributed by atoms with Crippen molar-refractivity contribution in [2.24, 2.45) is 4.99 Å². The molecule has 1 aromatic carbocycles. The lowest BCUT2D eigenvalue weighted by molar-refractivity contribution is -0.127. The Morgan fingerprint density at radius 1 is 1.19 bits per heavy atom. The van der Waals surface area contributed by atoms with Crippen molar-refractivity contribution in [1.82, 2.24) is 15.5 Å². The minimum absolute atomic E-state index is 0.00866. The lowest BCUT2D eigenvalue weighted by Gasteiger charge is -2.25. The number of guanidine groups is 1. The molecule has 0 radical (unpaired) electrons. The molecule has 0 unspecified atom stereocenters. The molecule has 0 spiro atoms. The third-order valence-electron chi connectivity index (χ3n) is 4.50. The van der Waals surface area contributed by atoms with Gasteiger partial charge in [-0.3, -0.25) is 4.79 Å². The lowest BCUT2D eigenvalue weighted by Crippen LogP contribution is -2.45. The fourth-order valence-corrected chi connectivity index (χ4v) is 2.85. The van der Waals surface area contributed by atoms with Crippen LogP contribution < -0.4 is 15.4 Å². The van der Waals surface area contributed by atoms with Crippen LogP contribution in [0.4, 0.5) is 0 Å².